The van der Waals surface area contributed by atoms with E-state index in [1.807, 2.05) is 6.07 Å². The van der Waals surface area contributed by atoms with Crippen molar-refractivity contribution in [2.24, 2.45) is 5.92 Å². The van der Waals surface area contributed by atoms with Crippen LogP contribution in [-0.2, 0) is 0 Å². The minimum Gasteiger partial charge on any atom is -0.497 e. The second-order valence-corrected chi connectivity index (χ2v) is 5.13. The molecule has 0 heterocycles. The fourth-order valence-electron chi connectivity index (χ4n) is 2.55. The van der Waals surface area contributed by atoms with Gasteiger partial charge in [0.25, 0.3) is 5.91 Å². The maximum atomic E-state index is 12.0. The molecule has 2 N–H and O–H groups in total. The Bertz CT molecular complexity index is 433. The first-order valence-corrected chi connectivity index (χ1v) is 6.79. The largest absolute Gasteiger partial charge is 0.497 e. The summed E-state index contributed by atoms with van der Waals surface area (Å²) < 4.78 is 5.10. The highest BCUT2D eigenvalue weighted by Gasteiger charge is 2.20. The van der Waals surface area contributed by atoms with Crippen molar-refractivity contribution in [1.82, 2.24) is 5.32 Å². The number of methoxy groups -OCH3 is 1. The molecule has 4 heteroatoms. The molecule has 0 aromatic heterocycles. The van der Waals surface area contributed by atoms with Crippen LogP contribution in [0.2, 0.25) is 0 Å². The summed E-state index contributed by atoms with van der Waals surface area (Å²) in [5.74, 6) is 0.984. The van der Waals surface area contributed by atoms with E-state index in [9.17, 15) is 9.90 Å². The number of aliphatic hydroxyl groups is 1. The van der Waals surface area contributed by atoms with Crippen LogP contribution in [0, 0.1) is 5.92 Å². The van der Waals surface area contributed by atoms with Crippen molar-refractivity contribution in [2.75, 3.05) is 13.7 Å². The van der Waals surface area contributed by atoms with E-state index in [4.69, 9.17) is 4.74 Å². The second kappa shape index (κ2) is 6.57. The van der Waals surface area contributed by atoms with Gasteiger partial charge in [-0.15, -0.1) is 0 Å². The van der Waals surface area contributed by atoms with E-state index in [1.165, 1.54) is 0 Å². The monoisotopic (exact) mass is 263 g/mol. The van der Waals surface area contributed by atoms with E-state index < -0.39 is 0 Å². The zero-order chi connectivity index (χ0) is 13.7. The van der Waals surface area contributed by atoms with Gasteiger partial charge in [0.2, 0.25) is 0 Å². The summed E-state index contributed by atoms with van der Waals surface area (Å²) in [5, 5.41) is 12.5. The molecule has 0 spiro atoms. The summed E-state index contributed by atoms with van der Waals surface area (Å²) in [4.78, 5) is 12.0. The normalized spacial score (nSPS) is 22.8. The Kier molecular flexibility index (Phi) is 4.80. The van der Waals surface area contributed by atoms with E-state index in [-0.39, 0.29) is 12.0 Å². The molecule has 4 nitrogen and oxygen atoms in total. The first-order valence-electron chi connectivity index (χ1n) is 6.79. The molecule has 0 aliphatic heterocycles. The fraction of sp³-hybridized carbons (Fsp3) is 0.533. The third-order valence-corrected chi connectivity index (χ3v) is 3.64. The van der Waals surface area contributed by atoms with Crippen molar-refractivity contribution in [1.29, 1.82) is 0 Å². The second-order valence-electron chi connectivity index (χ2n) is 5.13. The number of benzene rings is 1. The maximum absolute atomic E-state index is 12.0. The molecule has 2 rings (SSSR count). The van der Waals surface area contributed by atoms with Crippen LogP contribution in [0.5, 0.6) is 5.75 Å². The van der Waals surface area contributed by atoms with E-state index in [2.05, 4.69) is 5.32 Å². The predicted octanol–water partition coefficient (Wildman–Crippen LogP) is 1.98. The summed E-state index contributed by atoms with van der Waals surface area (Å²) in [6, 6.07) is 7.12. The Morgan fingerprint density at radius 3 is 3.05 bits per heavy atom. The summed E-state index contributed by atoms with van der Waals surface area (Å²) in [7, 11) is 1.58. The van der Waals surface area contributed by atoms with Gasteiger partial charge in [-0.3, -0.25) is 4.79 Å². The number of carbonyl (C=O) groups excluding carboxylic acids is 1. The molecule has 1 fully saturated rings. The van der Waals surface area contributed by atoms with Crippen LogP contribution in [0.4, 0.5) is 0 Å². The highest BCUT2D eigenvalue weighted by molar-refractivity contribution is 5.94. The van der Waals surface area contributed by atoms with Crippen LogP contribution >= 0.6 is 0 Å². The van der Waals surface area contributed by atoms with E-state index >= 15 is 0 Å². The van der Waals surface area contributed by atoms with Gasteiger partial charge in [0.05, 0.1) is 13.2 Å². The molecule has 1 aromatic carbocycles. The van der Waals surface area contributed by atoms with Gasteiger partial charge in [-0.25, -0.2) is 0 Å². The lowest BCUT2D eigenvalue weighted by Gasteiger charge is -2.25. The number of hydrogen-bond donors (Lipinski definition) is 2. The van der Waals surface area contributed by atoms with Gasteiger partial charge in [0, 0.05) is 12.1 Å². The molecular weight excluding hydrogens is 242 g/mol. The summed E-state index contributed by atoms with van der Waals surface area (Å²) >= 11 is 0. The fourth-order valence-corrected chi connectivity index (χ4v) is 2.55. The predicted molar refractivity (Wildman–Crippen MR) is 73.3 cm³/mol. The minimum atomic E-state index is -0.201. The zero-order valence-electron chi connectivity index (χ0n) is 11.3. The molecule has 1 aliphatic rings. The maximum Gasteiger partial charge on any atom is 0.251 e. The summed E-state index contributed by atoms with van der Waals surface area (Å²) in [6.07, 6.45) is 3.60. The third kappa shape index (κ3) is 3.96. The molecule has 19 heavy (non-hydrogen) atoms. The molecular formula is C15H21NO3. The van der Waals surface area contributed by atoms with Crippen molar-refractivity contribution in [2.45, 2.75) is 31.8 Å². The van der Waals surface area contributed by atoms with Gasteiger partial charge in [0.15, 0.2) is 0 Å². The molecule has 1 aromatic rings. The number of hydrogen-bond acceptors (Lipinski definition) is 3. The standard InChI is InChI=1S/C15H21NO3/c1-19-14-7-3-5-12(9-14)15(18)16-10-11-4-2-6-13(17)8-11/h3,5,7,9,11,13,17H,2,4,6,8,10H2,1H3,(H,16,18). The van der Waals surface area contributed by atoms with Crippen LogP contribution in [0.25, 0.3) is 0 Å². The molecule has 104 valence electrons. The van der Waals surface area contributed by atoms with Crippen molar-refractivity contribution in [3.05, 3.63) is 29.8 Å². The van der Waals surface area contributed by atoms with E-state index in [1.54, 1.807) is 25.3 Å². The Labute approximate surface area is 113 Å². The average molecular weight is 263 g/mol. The quantitative estimate of drug-likeness (QED) is 0.873. The first-order chi connectivity index (χ1) is 9.19. The lowest BCUT2D eigenvalue weighted by Crippen LogP contribution is -2.32. The Morgan fingerprint density at radius 1 is 1.47 bits per heavy atom. The smallest absolute Gasteiger partial charge is 0.251 e. The van der Waals surface area contributed by atoms with Gasteiger partial charge < -0.3 is 15.2 Å². The highest BCUT2D eigenvalue weighted by atomic mass is 16.5. The van der Waals surface area contributed by atoms with E-state index in [0.717, 1.165) is 25.7 Å². The lowest BCUT2D eigenvalue weighted by atomic mass is 9.87. The molecule has 1 saturated carbocycles. The van der Waals surface area contributed by atoms with Gasteiger partial charge in [-0.1, -0.05) is 12.5 Å². The summed E-state index contributed by atoms with van der Waals surface area (Å²) in [6.45, 7) is 0.632. The Morgan fingerprint density at radius 2 is 2.32 bits per heavy atom. The van der Waals surface area contributed by atoms with Crippen molar-refractivity contribution in [3.63, 3.8) is 0 Å². The number of nitrogens with one attached hydrogen (secondary N) is 1. The summed E-state index contributed by atoms with van der Waals surface area (Å²) in [5.41, 5.74) is 0.607. The van der Waals surface area contributed by atoms with Gasteiger partial charge in [-0.2, -0.15) is 0 Å². The van der Waals surface area contributed by atoms with Crippen LogP contribution in [0.1, 0.15) is 36.0 Å². The Balaban J connectivity index is 1.86. The molecule has 0 bridgehead atoms. The van der Waals surface area contributed by atoms with Crippen LogP contribution in [-0.4, -0.2) is 30.8 Å². The van der Waals surface area contributed by atoms with Gasteiger partial charge in [-0.05, 0) is 43.4 Å². The van der Waals surface area contributed by atoms with Crippen LogP contribution < -0.4 is 10.1 Å². The zero-order valence-corrected chi connectivity index (χ0v) is 11.3. The number of ether oxygens (including phenoxy) is 1. The lowest BCUT2D eigenvalue weighted by molar-refractivity contribution is 0.0873. The van der Waals surface area contributed by atoms with E-state index in [0.29, 0.717) is 23.8 Å². The molecule has 2 unspecified atom stereocenters. The average Bonchev–Trinajstić information content (AvgIpc) is 2.45. The molecule has 1 aliphatic carbocycles. The molecule has 2 atom stereocenters. The van der Waals surface area contributed by atoms with Gasteiger partial charge >= 0.3 is 0 Å². The topological polar surface area (TPSA) is 58.6 Å². The number of carbonyl (C=O) groups is 1. The Hall–Kier alpha value is -1.55. The van der Waals surface area contributed by atoms with Crippen LogP contribution in [0.15, 0.2) is 24.3 Å². The number of rotatable bonds is 4. The third-order valence-electron chi connectivity index (χ3n) is 3.64. The van der Waals surface area contributed by atoms with Crippen molar-refractivity contribution >= 4 is 5.91 Å². The van der Waals surface area contributed by atoms with Crippen LogP contribution in [0.3, 0.4) is 0 Å². The molecule has 0 saturated heterocycles. The highest BCUT2D eigenvalue weighted by Crippen LogP contribution is 2.23. The van der Waals surface area contributed by atoms with Crippen molar-refractivity contribution in [3.8, 4) is 5.75 Å². The molecule has 1 amide bonds. The minimum absolute atomic E-state index is 0.0843. The van der Waals surface area contributed by atoms with Gasteiger partial charge in [0.1, 0.15) is 5.75 Å². The SMILES string of the molecule is COc1cccc(C(=O)NCC2CCCC(O)C2)c1. The van der Waals surface area contributed by atoms with Crippen molar-refractivity contribution < 1.29 is 14.6 Å². The number of aliphatic hydroxyl groups excluding tert-OH is 1. The number of amides is 1. The first kappa shape index (κ1) is 13.9. The molecule has 0 radical (unpaired) electrons.